The van der Waals surface area contributed by atoms with Crippen molar-refractivity contribution in [3.63, 3.8) is 0 Å². The Kier molecular flexibility index (Phi) is 5.50. The second-order valence-corrected chi connectivity index (χ2v) is 7.53. The van der Waals surface area contributed by atoms with E-state index in [0.717, 1.165) is 31.2 Å². The third-order valence-corrected chi connectivity index (χ3v) is 5.44. The Hall–Kier alpha value is -2.18. The number of carbonyl (C=O) groups excluding carboxylic acids is 2. The lowest BCUT2D eigenvalue weighted by Gasteiger charge is -2.14. The van der Waals surface area contributed by atoms with Gasteiger partial charge in [0.2, 0.25) is 0 Å². The van der Waals surface area contributed by atoms with Crippen LogP contribution in [0.1, 0.15) is 50.4 Å². The Balaban J connectivity index is 1.94. The number of nitrogens with zero attached hydrogens (tertiary/aromatic N) is 1. The van der Waals surface area contributed by atoms with Gasteiger partial charge in [-0.15, -0.1) is 11.3 Å². The van der Waals surface area contributed by atoms with E-state index in [0.29, 0.717) is 16.1 Å². The molecular formula is C19H23N3O2S. The van der Waals surface area contributed by atoms with Gasteiger partial charge < -0.3 is 5.32 Å². The summed E-state index contributed by atoms with van der Waals surface area (Å²) in [7, 11) is 3.57. The number of hydrogen-bond acceptors (Lipinski definition) is 4. The third kappa shape index (κ3) is 4.08. The summed E-state index contributed by atoms with van der Waals surface area (Å²) in [6, 6.07) is 9.08. The van der Waals surface area contributed by atoms with Crippen LogP contribution >= 0.6 is 11.3 Å². The molecule has 6 heteroatoms. The van der Waals surface area contributed by atoms with Crippen LogP contribution in [0.2, 0.25) is 0 Å². The fourth-order valence-corrected chi connectivity index (χ4v) is 4.38. The second kappa shape index (κ2) is 7.80. The maximum Gasteiger partial charge on any atom is 0.268 e. The summed E-state index contributed by atoms with van der Waals surface area (Å²) in [5.74, 6) is -0.344. The van der Waals surface area contributed by atoms with Crippen molar-refractivity contribution in [2.24, 2.45) is 0 Å². The van der Waals surface area contributed by atoms with Crippen LogP contribution in [-0.4, -0.2) is 30.9 Å². The van der Waals surface area contributed by atoms with Crippen LogP contribution in [0, 0.1) is 0 Å². The molecule has 25 heavy (non-hydrogen) atoms. The van der Waals surface area contributed by atoms with E-state index in [1.165, 1.54) is 11.3 Å². The monoisotopic (exact) mass is 357 g/mol. The lowest BCUT2D eigenvalue weighted by molar-refractivity contribution is 0.0857. The zero-order valence-electron chi connectivity index (χ0n) is 14.6. The molecule has 0 atom stereocenters. The van der Waals surface area contributed by atoms with Gasteiger partial charge in [-0.3, -0.25) is 15.0 Å². The minimum Gasteiger partial charge on any atom is -0.313 e. The van der Waals surface area contributed by atoms with Crippen molar-refractivity contribution in [2.75, 3.05) is 19.4 Å². The summed E-state index contributed by atoms with van der Waals surface area (Å²) in [4.78, 5) is 26.5. The fraction of sp³-hybridized carbons (Fsp3) is 0.368. The van der Waals surface area contributed by atoms with E-state index in [1.54, 1.807) is 42.6 Å². The van der Waals surface area contributed by atoms with Crippen molar-refractivity contribution in [1.29, 1.82) is 0 Å². The number of benzene rings is 1. The highest BCUT2D eigenvalue weighted by atomic mass is 32.1. The second-order valence-electron chi connectivity index (χ2n) is 6.42. The van der Waals surface area contributed by atoms with Gasteiger partial charge in [0.1, 0.15) is 5.00 Å². The molecular weight excluding hydrogens is 334 g/mol. The molecule has 0 saturated carbocycles. The first-order valence-corrected chi connectivity index (χ1v) is 9.37. The highest BCUT2D eigenvalue weighted by Gasteiger charge is 2.26. The first kappa shape index (κ1) is 17.6. The minimum absolute atomic E-state index is 0.159. The maximum atomic E-state index is 12.7. The zero-order valence-corrected chi connectivity index (χ0v) is 15.4. The van der Waals surface area contributed by atoms with E-state index >= 15 is 0 Å². The molecule has 0 fully saturated rings. The Morgan fingerprint density at radius 2 is 1.72 bits per heavy atom. The van der Waals surface area contributed by atoms with E-state index in [2.05, 4.69) is 10.7 Å². The van der Waals surface area contributed by atoms with Gasteiger partial charge >= 0.3 is 0 Å². The van der Waals surface area contributed by atoms with Crippen LogP contribution in [0.15, 0.2) is 30.3 Å². The predicted octanol–water partition coefficient (Wildman–Crippen LogP) is 3.48. The fourth-order valence-electron chi connectivity index (χ4n) is 3.09. The summed E-state index contributed by atoms with van der Waals surface area (Å²) < 4.78 is 0. The van der Waals surface area contributed by atoms with Gasteiger partial charge in [0.25, 0.3) is 11.8 Å². The van der Waals surface area contributed by atoms with Gasteiger partial charge in [-0.05, 0) is 43.4 Å². The summed E-state index contributed by atoms with van der Waals surface area (Å²) in [6.07, 6.45) is 5.26. The highest BCUT2D eigenvalue weighted by molar-refractivity contribution is 7.17. The lowest BCUT2D eigenvalue weighted by Crippen LogP contribution is -2.36. The minimum atomic E-state index is -0.184. The molecule has 2 amide bonds. The summed E-state index contributed by atoms with van der Waals surface area (Å²) in [6.45, 7) is 0. The topological polar surface area (TPSA) is 61.4 Å². The Morgan fingerprint density at radius 1 is 1.00 bits per heavy atom. The quantitative estimate of drug-likeness (QED) is 0.650. The number of carbonyl (C=O) groups is 2. The van der Waals surface area contributed by atoms with Crippen LogP contribution < -0.4 is 10.7 Å². The van der Waals surface area contributed by atoms with Crippen LogP contribution in [-0.2, 0) is 12.8 Å². The van der Waals surface area contributed by atoms with E-state index in [9.17, 15) is 9.59 Å². The molecule has 5 nitrogen and oxygen atoms in total. The van der Waals surface area contributed by atoms with E-state index in [4.69, 9.17) is 0 Å². The molecule has 1 aromatic carbocycles. The molecule has 0 aliphatic heterocycles. The Labute approximate surface area is 152 Å². The number of amides is 2. The zero-order chi connectivity index (χ0) is 17.8. The van der Waals surface area contributed by atoms with Crippen molar-refractivity contribution in [2.45, 2.75) is 32.1 Å². The molecule has 3 rings (SSSR count). The molecule has 0 spiro atoms. The molecule has 2 aromatic rings. The molecule has 0 bridgehead atoms. The van der Waals surface area contributed by atoms with Crippen molar-refractivity contribution in [3.8, 4) is 0 Å². The summed E-state index contributed by atoms with van der Waals surface area (Å²) in [5, 5.41) is 5.24. The summed E-state index contributed by atoms with van der Waals surface area (Å²) in [5.41, 5.74) is 5.13. The average Bonchev–Trinajstić information content (AvgIpc) is 2.76. The van der Waals surface area contributed by atoms with E-state index < -0.39 is 0 Å². The normalized spacial score (nSPS) is 13.9. The van der Waals surface area contributed by atoms with Crippen molar-refractivity contribution in [3.05, 3.63) is 51.9 Å². The number of hydrogen-bond donors (Lipinski definition) is 2. The van der Waals surface area contributed by atoms with Gasteiger partial charge in [0.05, 0.1) is 5.56 Å². The van der Waals surface area contributed by atoms with E-state index in [1.807, 2.05) is 18.2 Å². The molecule has 0 radical (unpaired) electrons. The maximum absolute atomic E-state index is 12.7. The molecule has 132 valence electrons. The van der Waals surface area contributed by atoms with Crippen molar-refractivity contribution in [1.82, 2.24) is 10.4 Å². The van der Waals surface area contributed by atoms with Gasteiger partial charge in [-0.25, -0.2) is 5.01 Å². The smallest absolute Gasteiger partial charge is 0.268 e. The molecule has 0 saturated heterocycles. The average molecular weight is 357 g/mol. The Morgan fingerprint density at radius 3 is 2.44 bits per heavy atom. The van der Waals surface area contributed by atoms with Crippen molar-refractivity contribution >= 4 is 28.2 Å². The lowest BCUT2D eigenvalue weighted by atomic mass is 10.0. The van der Waals surface area contributed by atoms with Gasteiger partial charge in [0.15, 0.2) is 0 Å². The number of anilines is 1. The number of thiophene rings is 1. The van der Waals surface area contributed by atoms with Crippen LogP contribution in [0.3, 0.4) is 0 Å². The largest absolute Gasteiger partial charge is 0.313 e. The number of nitrogens with one attached hydrogen (secondary N) is 2. The number of fused-ring (bicyclic) bond motifs is 1. The molecule has 0 unspecified atom stereocenters. The predicted molar refractivity (Wildman–Crippen MR) is 101 cm³/mol. The first-order chi connectivity index (χ1) is 12.1. The number of hydrazine groups is 1. The van der Waals surface area contributed by atoms with Crippen LogP contribution in [0.25, 0.3) is 0 Å². The molecule has 1 aliphatic carbocycles. The highest BCUT2D eigenvalue weighted by Crippen LogP contribution is 2.37. The molecule has 1 aromatic heterocycles. The first-order valence-electron chi connectivity index (χ1n) is 8.55. The van der Waals surface area contributed by atoms with Crippen LogP contribution in [0.5, 0.6) is 0 Å². The molecule has 1 aliphatic rings. The number of aryl methyl sites for hydroxylation is 1. The van der Waals surface area contributed by atoms with Crippen LogP contribution in [0.4, 0.5) is 5.00 Å². The Bertz CT molecular complexity index is 768. The third-order valence-electron chi connectivity index (χ3n) is 4.24. The molecule has 1 heterocycles. The summed E-state index contributed by atoms with van der Waals surface area (Å²) >= 11 is 1.54. The SMILES string of the molecule is CN(C)NC(=O)c1c(NC(=O)c2ccccc2)sc2c1CCCCC2. The molecule has 2 N–H and O–H groups in total. The standard InChI is InChI=1S/C19H23N3O2S/c1-22(2)21-18(24)16-14-11-7-4-8-12-15(14)25-19(16)20-17(23)13-9-5-3-6-10-13/h3,5-6,9-10H,4,7-8,11-12H2,1-2H3,(H,20,23)(H,21,24). The number of rotatable bonds is 4. The van der Waals surface area contributed by atoms with Gasteiger partial charge in [-0.2, -0.15) is 0 Å². The van der Waals surface area contributed by atoms with Gasteiger partial charge in [-0.1, -0.05) is 24.6 Å². The van der Waals surface area contributed by atoms with E-state index in [-0.39, 0.29) is 11.8 Å². The van der Waals surface area contributed by atoms with Crippen molar-refractivity contribution < 1.29 is 9.59 Å². The van der Waals surface area contributed by atoms with Gasteiger partial charge in [0, 0.05) is 24.5 Å².